The molecule has 3 heterocycles. The minimum Gasteiger partial charge on any atom is -0.352 e. The van der Waals surface area contributed by atoms with Gasteiger partial charge in [-0.05, 0) is 57.5 Å². The molecular weight excluding hydrogens is 430 g/mol. The monoisotopic (exact) mass is 453 g/mol. The number of hydrogen-bond acceptors (Lipinski definition) is 5. The van der Waals surface area contributed by atoms with E-state index >= 15 is 0 Å². The minimum atomic E-state index is 0.141. The fourth-order valence-corrected chi connectivity index (χ4v) is 4.51. The molecule has 1 unspecified atom stereocenters. The second kappa shape index (κ2) is 7.54. The summed E-state index contributed by atoms with van der Waals surface area (Å²) in [5.74, 6) is 0.325. The summed E-state index contributed by atoms with van der Waals surface area (Å²) < 4.78 is 3.02. The van der Waals surface area contributed by atoms with Gasteiger partial charge in [0.15, 0.2) is 5.78 Å². The highest BCUT2D eigenvalue weighted by molar-refractivity contribution is 9.10. The third kappa shape index (κ3) is 3.81. The summed E-state index contributed by atoms with van der Waals surface area (Å²) in [7, 11) is 2.16. The van der Waals surface area contributed by atoms with Crippen molar-refractivity contribution in [2.24, 2.45) is 5.92 Å². The van der Waals surface area contributed by atoms with Crippen molar-refractivity contribution in [2.45, 2.75) is 31.7 Å². The molecule has 1 saturated heterocycles. The Hall–Kier alpha value is -2.25. The molecule has 0 amide bonds. The number of nitrogens with one attached hydrogen (secondary N) is 1. The van der Waals surface area contributed by atoms with Crippen molar-refractivity contribution in [3.05, 3.63) is 46.8 Å². The molecule has 1 aliphatic carbocycles. The average Bonchev–Trinajstić information content (AvgIpc) is 3.46. The van der Waals surface area contributed by atoms with Crippen molar-refractivity contribution in [3.8, 4) is 0 Å². The van der Waals surface area contributed by atoms with Gasteiger partial charge < -0.3 is 10.2 Å². The number of carbonyl (C=O) groups excluding carboxylic acids is 1. The molecule has 0 radical (unpaired) electrons. The van der Waals surface area contributed by atoms with Gasteiger partial charge in [-0.2, -0.15) is 5.10 Å². The lowest BCUT2D eigenvalue weighted by Crippen LogP contribution is -2.33. The van der Waals surface area contributed by atoms with Crippen LogP contribution in [0.3, 0.4) is 0 Å². The van der Waals surface area contributed by atoms with E-state index in [1.807, 2.05) is 24.4 Å². The zero-order valence-corrected chi connectivity index (χ0v) is 18.0. The van der Waals surface area contributed by atoms with Crippen molar-refractivity contribution in [1.82, 2.24) is 19.7 Å². The van der Waals surface area contributed by atoms with Crippen LogP contribution in [0.25, 0.3) is 10.9 Å². The van der Waals surface area contributed by atoms with Gasteiger partial charge in [0.25, 0.3) is 0 Å². The van der Waals surface area contributed by atoms with Gasteiger partial charge in [0.05, 0.1) is 34.7 Å². The van der Waals surface area contributed by atoms with Crippen LogP contribution in [-0.2, 0) is 0 Å². The second-order valence-electron chi connectivity index (χ2n) is 8.24. The van der Waals surface area contributed by atoms with Crippen LogP contribution in [0.4, 0.5) is 11.4 Å². The number of piperidine rings is 1. The van der Waals surface area contributed by atoms with Crippen molar-refractivity contribution in [1.29, 1.82) is 0 Å². The highest BCUT2D eigenvalue weighted by Crippen LogP contribution is 2.38. The van der Waals surface area contributed by atoms with Crippen LogP contribution < -0.4 is 5.32 Å². The Labute approximate surface area is 178 Å². The van der Waals surface area contributed by atoms with Crippen LogP contribution in [-0.4, -0.2) is 45.6 Å². The largest absolute Gasteiger partial charge is 0.352 e. The standard InChI is InChI=1S/C22H24BrN5O/c1-27-8-2-3-17(13-27)28-12-16(10-25-28)26-21-18-9-15(23)6-7-20(18)24-11-19(21)22(29)14-4-5-14/h6-7,9-12,14,17H,2-5,8,13H2,1H3,(H,24,26). The number of anilines is 2. The van der Waals surface area contributed by atoms with Crippen LogP contribution in [0.5, 0.6) is 0 Å². The first kappa shape index (κ1) is 18.8. The van der Waals surface area contributed by atoms with Crippen LogP contribution in [0.2, 0.25) is 0 Å². The Bertz CT molecular complexity index is 1070. The Morgan fingerprint density at radius 2 is 2.10 bits per heavy atom. The first-order valence-corrected chi connectivity index (χ1v) is 11.0. The number of rotatable bonds is 5. The van der Waals surface area contributed by atoms with E-state index in [2.05, 4.69) is 54.2 Å². The van der Waals surface area contributed by atoms with E-state index in [1.54, 1.807) is 6.20 Å². The summed E-state index contributed by atoms with van der Waals surface area (Å²) in [4.78, 5) is 19.8. The number of likely N-dealkylation sites (N-methyl/N-ethyl adjacent to an activating group) is 1. The molecule has 5 rings (SSSR count). The molecule has 2 aliphatic rings. The minimum absolute atomic E-state index is 0.141. The van der Waals surface area contributed by atoms with Crippen molar-refractivity contribution < 1.29 is 4.79 Å². The van der Waals surface area contributed by atoms with Crippen molar-refractivity contribution in [3.63, 3.8) is 0 Å². The summed E-state index contributed by atoms with van der Waals surface area (Å²) in [5.41, 5.74) is 3.26. The maximum atomic E-state index is 12.9. The average molecular weight is 454 g/mol. The quantitative estimate of drug-likeness (QED) is 0.562. The van der Waals surface area contributed by atoms with Gasteiger partial charge in [-0.1, -0.05) is 15.9 Å². The summed E-state index contributed by atoms with van der Waals surface area (Å²) in [6, 6.07) is 6.35. The Morgan fingerprint density at radius 3 is 2.90 bits per heavy atom. The lowest BCUT2D eigenvalue weighted by Gasteiger charge is -2.29. The summed E-state index contributed by atoms with van der Waals surface area (Å²) in [5, 5.41) is 9.05. The number of ketones is 1. The molecule has 3 aromatic rings. The van der Waals surface area contributed by atoms with Gasteiger partial charge in [-0.25, -0.2) is 0 Å². The smallest absolute Gasteiger partial charge is 0.169 e. The second-order valence-corrected chi connectivity index (χ2v) is 9.15. The van der Waals surface area contributed by atoms with Crippen LogP contribution in [0.15, 0.2) is 41.3 Å². The molecule has 0 bridgehead atoms. The predicted molar refractivity (Wildman–Crippen MR) is 118 cm³/mol. The highest BCUT2D eigenvalue weighted by atomic mass is 79.9. The van der Waals surface area contributed by atoms with E-state index in [0.29, 0.717) is 11.6 Å². The number of nitrogens with zero attached hydrogens (tertiary/aromatic N) is 4. The van der Waals surface area contributed by atoms with E-state index < -0.39 is 0 Å². The van der Waals surface area contributed by atoms with E-state index in [4.69, 9.17) is 0 Å². The Morgan fingerprint density at radius 1 is 1.24 bits per heavy atom. The number of carbonyl (C=O) groups is 1. The topological polar surface area (TPSA) is 63.0 Å². The predicted octanol–water partition coefficient (Wildman–Crippen LogP) is 4.80. The van der Waals surface area contributed by atoms with Crippen LogP contribution >= 0.6 is 15.9 Å². The molecule has 150 valence electrons. The summed E-state index contributed by atoms with van der Waals surface area (Å²) in [6.07, 6.45) is 9.90. The molecule has 2 aromatic heterocycles. The number of aromatic nitrogens is 3. The molecule has 1 aliphatic heterocycles. The Kier molecular flexibility index (Phi) is 4.87. The van der Waals surface area contributed by atoms with Crippen LogP contribution in [0.1, 0.15) is 42.1 Å². The van der Waals surface area contributed by atoms with E-state index in [-0.39, 0.29) is 11.7 Å². The first-order valence-electron chi connectivity index (χ1n) is 10.2. The van der Waals surface area contributed by atoms with Gasteiger partial charge in [0.1, 0.15) is 0 Å². The summed E-state index contributed by atoms with van der Waals surface area (Å²) >= 11 is 3.56. The van der Waals surface area contributed by atoms with Crippen molar-refractivity contribution in [2.75, 3.05) is 25.5 Å². The van der Waals surface area contributed by atoms with Gasteiger partial charge in [-0.3, -0.25) is 14.5 Å². The van der Waals surface area contributed by atoms with Gasteiger partial charge in [-0.15, -0.1) is 0 Å². The third-order valence-corrected chi connectivity index (χ3v) is 6.38. The SMILES string of the molecule is CN1CCCC(n2cc(Nc3c(C(=O)C4CC4)cnc4ccc(Br)cc34)cn2)C1. The fraction of sp³-hybridized carbons (Fsp3) is 0.409. The number of likely N-dealkylation sites (tertiary alicyclic amines) is 1. The molecule has 1 N–H and O–H groups in total. The van der Waals surface area contributed by atoms with Gasteiger partial charge in [0.2, 0.25) is 0 Å². The molecule has 1 aromatic carbocycles. The number of fused-ring (bicyclic) bond motifs is 1. The number of Topliss-reactive ketones (excluding diaryl/α,β-unsaturated/α-hetero) is 1. The molecule has 1 saturated carbocycles. The third-order valence-electron chi connectivity index (χ3n) is 5.89. The number of pyridine rings is 1. The van der Waals surface area contributed by atoms with Crippen LogP contribution in [0, 0.1) is 5.92 Å². The maximum Gasteiger partial charge on any atom is 0.169 e. The Balaban J connectivity index is 1.51. The highest BCUT2D eigenvalue weighted by Gasteiger charge is 2.32. The molecule has 1 atom stereocenters. The number of hydrogen-bond donors (Lipinski definition) is 1. The van der Waals surface area contributed by atoms with E-state index in [0.717, 1.165) is 59.1 Å². The zero-order valence-electron chi connectivity index (χ0n) is 16.4. The zero-order chi connectivity index (χ0) is 20.0. The molecular formula is C22H24BrN5O. The van der Waals surface area contributed by atoms with Crippen molar-refractivity contribution >= 4 is 44.0 Å². The van der Waals surface area contributed by atoms with E-state index in [9.17, 15) is 4.79 Å². The molecule has 7 heteroatoms. The molecule has 0 spiro atoms. The van der Waals surface area contributed by atoms with E-state index in [1.165, 1.54) is 6.42 Å². The molecule has 6 nitrogen and oxygen atoms in total. The normalized spacial score (nSPS) is 20.1. The maximum absolute atomic E-state index is 12.9. The number of halogens is 1. The first-order chi connectivity index (χ1) is 14.1. The lowest BCUT2D eigenvalue weighted by atomic mass is 10.0. The van der Waals surface area contributed by atoms with Gasteiger partial charge in [0, 0.05) is 34.7 Å². The van der Waals surface area contributed by atoms with Gasteiger partial charge >= 0.3 is 0 Å². The lowest BCUT2D eigenvalue weighted by molar-refractivity contribution is 0.0968. The number of benzene rings is 1. The fourth-order valence-electron chi connectivity index (χ4n) is 4.15. The molecule has 29 heavy (non-hydrogen) atoms. The molecule has 2 fully saturated rings. The summed E-state index contributed by atoms with van der Waals surface area (Å²) in [6.45, 7) is 2.16.